The Hall–Kier alpha value is -4.36. The first-order chi connectivity index (χ1) is 21.6. The Balaban J connectivity index is 1.35. The van der Waals surface area contributed by atoms with E-state index >= 15 is 0 Å². The summed E-state index contributed by atoms with van der Waals surface area (Å²) in [5.74, 6) is -8.93. The minimum atomic E-state index is -5.60. The summed E-state index contributed by atoms with van der Waals surface area (Å²) in [7, 11) is 0. The van der Waals surface area contributed by atoms with Crippen molar-refractivity contribution in [2.24, 2.45) is 0 Å². The molecular weight excluding hydrogens is 634 g/mol. The number of alkyl halides is 10. The number of nitrogens with zero attached hydrogens (tertiary/aromatic N) is 2. The number of hydrogen-bond donors (Lipinski definition) is 0. The molecular formula is C32H26F10N2O2. The summed E-state index contributed by atoms with van der Waals surface area (Å²) in [5.41, 5.74) is 4.13. The van der Waals surface area contributed by atoms with Crippen molar-refractivity contribution in [3.05, 3.63) is 85.2 Å². The molecule has 0 saturated carbocycles. The maximum absolute atomic E-state index is 13.0. The van der Waals surface area contributed by atoms with E-state index in [4.69, 9.17) is 9.47 Å². The Morgan fingerprint density at radius 1 is 0.457 bits per heavy atom. The lowest BCUT2D eigenvalue weighted by atomic mass is 10.0. The van der Waals surface area contributed by atoms with Crippen molar-refractivity contribution in [2.75, 3.05) is 13.2 Å². The smallest absolute Gasteiger partial charge is 0.453 e. The van der Waals surface area contributed by atoms with Crippen LogP contribution in [0.15, 0.2) is 85.2 Å². The summed E-state index contributed by atoms with van der Waals surface area (Å²) < 4.78 is 137. The van der Waals surface area contributed by atoms with Crippen LogP contribution in [0, 0.1) is 0 Å². The average molecular weight is 661 g/mol. The molecule has 246 valence electrons. The number of aromatic nitrogens is 2. The van der Waals surface area contributed by atoms with E-state index in [1.165, 1.54) is 0 Å². The van der Waals surface area contributed by atoms with E-state index in [9.17, 15) is 43.9 Å². The SMILES string of the molecule is FC(F)(F)C(F)(F)CCCOc1ccc(-c2ccnc(-c3cc(-c4ccc(OCCCC(F)(F)C(F)(F)F)cc4)ccn3)c2)cc1. The predicted octanol–water partition coefficient (Wildman–Crippen LogP) is 10.2. The van der Waals surface area contributed by atoms with Gasteiger partial charge in [0.2, 0.25) is 0 Å². The van der Waals surface area contributed by atoms with Gasteiger partial charge in [0.05, 0.1) is 24.6 Å². The van der Waals surface area contributed by atoms with Crippen LogP contribution in [0.25, 0.3) is 33.6 Å². The molecule has 4 rings (SSSR count). The fraction of sp³-hybridized carbons (Fsp3) is 0.312. The van der Waals surface area contributed by atoms with E-state index in [2.05, 4.69) is 9.97 Å². The number of pyridine rings is 2. The highest BCUT2D eigenvalue weighted by molar-refractivity contribution is 5.73. The zero-order valence-corrected chi connectivity index (χ0v) is 23.8. The second-order valence-corrected chi connectivity index (χ2v) is 10.2. The normalized spacial score (nSPS) is 12.7. The van der Waals surface area contributed by atoms with Crippen LogP contribution in [-0.2, 0) is 0 Å². The standard InChI is InChI=1S/C32H26F10N2O2/c33-29(34,31(37,38)39)13-1-17-45-25-7-3-21(4-8-25)23-11-15-43-27(19-23)28-20-24(12-16-44-28)22-5-9-26(10-6-22)46-18-2-14-30(35,36)32(40,41)42/h3-12,15-16,19-20H,1-2,13-14,17-18H2. The van der Waals surface area contributed by atoms with Crippen molar-refractivity contribution in [2.45, 2.75) is 49.9 Å². The first-order valence-electron chi connectivity index (χ1n) is 13.8. The third kappa shape index (κ3) is 8.88. The van der Waals surface area contributed by atoms with Gasteiger partial charge in [0.25, 0.3) is 0 Å². The lowest BCUT2D eigenvalue weighted by Gasteiger charge is -2.19. The zero-order valence-electron chi connectivity index (χ0n) is 23.8. The Labute approximate surface area is 257 Å². The highest BCUT2D eigenvalue weighted by Crippen LogP contribution is 2.40. The summed E-state index contributed by atoms with van der Waals surface area (Å²) in [4.78, 5) is 8.78. The number of halogens is 10. The van der Waals surface area contributed by atoms with E-state index in [0.717, 1.165) is 22.3 Å². The molecule has 0 fully saturated rings. The van der Waals surface area contributed by atoms with Crippen molar-refractivity contribution in [3.8, 4) is 45.1 Å². The lowest BCUT2D eigenvalue weighted by Crippen LogP contribution is -2.36. The molecule has 4 nitrogen and oxygen atoms in total. The highest BCUT2D eigenvalue weighted by atomic mass is 19.4. The van der Waals surface area contributed by atoms with Gasteiger partial charge in [-0.2, -0.15) is 43.9 Å². The van der Waals surface area contributed by atoms with Crippen molar-refractivity contribution in [1.82, 2.24) is 9.97 Å². The Kier molecular flexibility index (Phi) is 10.5. The van der Waals surface area contributed by atoms with Crippen LogP contribution in [0.3, 0.4) is 0 Å². The summed E-state index contributed by atoms with van der Waals surface area (Å²) in [6.07, 6.45) is -11.7. The van der Waals surface area contributed by atoms with Crippen molar-refractivity contribution < 1.29 is 53.4 Å². The maximum atomic E-state index is 13.0. The first kappa shape index (κ1) is 34.5. The van der Waals surface area contributed by atoms with Gasteiger partial charge in [0.15, 0.2) is 0 Å². The minimum Gasteiger partial charge on any atom is -0.494 e. The fourth-order valence-corrected chi connectivity index (χ4v) is 4.24. The molecule has 2 heterocycles. The number of benzene rings is 2. The third-order valence-electron chi connectivity index (χ3n) is 6.79. The number of ether oxygens (including phenoxy) is 2. The fourth-order valence-electron chi connectivity index (χ4n) is 4.24. The lowest BCUT2D eigenvalue weighted by molar-refractivity contribution is -0.284. The van der Waals surface area contributed by atoms with Gasteiger partial charge in [0.1, 0.15) is 11.5 Å². The topological polar surface area (TPSA) is 44.2 Å². The second kappa shape index (κ2) is 14.0. The van der Waals surface area contributed by atoms with Gasteiger partial charge in [0, 0.05) is 25.2 Å². The highest BCUT2D eigenvalue weighted by Gasteiger charge is 2.57. The summed E-state index contributed by atoms with van der Waals surface area (Å²) in [6, 6.07) is 20.2. The molecule has 0 aliphatic rings. The van der Waals surface area contributed by atoms with E-state index < -0.39 is 49.9 Å². The molecule has 0 saturated heterocycles. The molecule has 0 radical (unpaired) electrons. The van der Waals surface area contributed by atoms with Crippen molar-refractivity contribution in [1.29, 1.82) is 0 Å². The molecule has 0 aliphatic carbocycles. The van der Waals surface area contributed by atoms with Gasteiger partial charge >= 0.3 is 24.2 Å². The predicted molar refractivity (Wildman–Crippen MR) is 150 cm³/mol. The van der Waals surface area contributed by atoms with E-state index in [1.807, 2.05) is 0 Å². The molecule has 0 spiro atoms. The summed E-state index contributed by atoms with van der Waals surface area (Å²) in [6.45, 7) is -0.621. The summed E-state index contributed by atoms with van der Waals surface area (Å²) >= 11 is 0. The quantitative estimate of drug-likeness (QED) is 0.106. The molecule has 0 aliphatic heterocycles. The minimum absolute atomic E-state index is 0.308. The molecule has 46 heavy (non-hydrogen) atoms. The first-order valence-corrected chi connectivity index (χ1v) is 13.8. The van der Waals surface area contributed by atoms with Crippen LogP contribution < -0.4 is 9.47 Å². The average Bonchev–Trinajstić information content (AvgIpc) is 3.01. The monoisotopic (exact) mass is 660 g/mol. The van der Waals surface area contributed by atoms with Gasteiger partial charge in [-0.15, -0.1) is 0 Å². The van der Waals surface area contributed by atoms with Crippen LogP contribution in [0.5, 0.6) is 11.5 Å². The number of hydrogen-bond acceptors (Lipinski definition) is 4. The van der Waals surface area contributed by atoms with E-state index in [1.54, 1.807) is 85.2 Å². The van der Waals surface area contributed by atoms with Crippen molar-refractivity contribution >= 4 is 0 Å². The van der Waals surface area contributed by atoms with Crippen LogP contribution in [0.2, 0.25) is 0 Å². The Bertz CT molecular complexity index is 1450. The maximum Gasteiger partial charge on any atom is 0.453 e. The van der Waals surface area contributed by atoms with E-state index in [0.29, 0.717) is 22.9 Å². The number of rotatable bonds is 13. The zero-order chi connectivity index (χ0) is 33.6. The van der Waals surface area contributed by atoms with Gasteiger partial charge in [-0.25, -0.2) is 0 Å². The Morgan fingerprint density at radius 2 is 0.804 bits per heavy atom. The van der Waals surface area contributed by atoms with Crippen molar-refractivity contribution in [3.63, 3.8) is 0 Å². The molecule has 0 unspecified atom stereocenters. The Morgan fingerprint density at radius 3 is 1.13 bits per heavy atom. The van der Waals surface area contributed by atoms with Gasteiger partial charge in [-0.1, -0.05) is 24.3 Å². The van der Waals surface area contributed by atoms with Crippen LogP contribution in [-0.4, -0.2) is 47.4 Å². The molecule has 0 bridgehead atoms. The van der Waals surface area contributed by atoms with Gasteiger partial charge < -0.3 is 9.47 Å². The van der Waals surface area contributed by atoms with Crippen LogP contribution in [0.4, 0.5) is 43.9 Å². The molecule has 0 amide bonds. The van der Waals surface area contributed by atoms with Gasteiger partial charge in [-0.05, 0) is 83.6 Å². The van der Waals surface area contributed by atoms with E-state index in [-0.39, 0.29) is 13.2 Å². The van der Waals surface area contributed by atoms with Crippen LogP contribution in [0.1, 0.15) is 25.7 Å². The molecule has 0 atom stereocenters. The second-order valence-electron chi connectivity index (χ2n) is 10.2. The van der Waals surface area contributed by atoms with Crippen LogP contribution >= 0.6 is 0 Å². The summed E-state index contributed by atoms with van der Waals surface area (Å²) in [5, 5.41) is 0. The largest absolute Gasteiger partial charge is 0.494 e. The molecule has 14 heteroatoms. The van der Waals surface area contributed by atoms with Gasteiger partial charge in [-0.3, -0.25) is 9.97 Å². The third-order valence-corrected chi connectivity index (χ3v) is 6.79. The molecule has 4 aromatic rings. The molecule has 0 N–H and O–H groups in total. The molecule has 2 aromatic heterocycles. The molecule has 2 aromatic carbocycles.